The lowest BCUT2D eigenvalue weighted by Crippen LogP contribution is -2.49. The highest BCUT2D eigenvalue weighted by molar-refractivity contribution is 8.13. The van der Waals surface area contributed by atoms with Crippen LogP contribution < -0.4 is 11.1 Å². The first kappa shape index (κ1) is 10.6. The first-order chi connectivity index (χ1) is 6.24. The molecule has 0 fully saturated rings. The topological polar surface area (TPSA) is 51.6 Å². The summed E-state index contributed by atoms with van der Waals surface area (Å²) < 4.78 is 0. The number of benzene rings is 1. The zero-order valence-electron chi connectivity index (χ0n) is 7.18. The van der Waals surface area contributed by atoms with Gasteiger partial charge < -0.3 is 5.73 Å². The van der Waals surface area contributed by atoms with Crippen LogP contribution in [0.25, 0.3) is 0 Å². The molecule has 13 heavy (non-hydrogen) atoms. The summed E-state index contributed by atoms with van der Waals surface area (Å²) in [5.74, 6) is 0.575. The lowest BCUT2D eigenvalue weighted by atomic mass is 10.4. The fourth-order valence-electron chi connectivity index (χ4n) is 0.790. The van der Waals surface area contributed by atoms with E-state index >= 15 is 0 Å². The molecule has 0 heterocycles. The predicted octanol–water partition coefficient (Wildman–Crippen LogP) is 0.193. The molecule has 1 aromatic carbocycles. The molecular weight excluding hydrogens is 200 g/mol. The van der Waals surface area contributed by atoms with Gasteiger partial charge in [-0.1, -0.05) is 18.2 Å². The van der Waals surface area contributed by atoms with Crippen molar-refractivity contribution in [3.63, 3.8) is 0 Å². The minimum atomic E-state index is -0.145. The summed E-state index contributed by atoms with van der Waals surface area (Å²) in [5.41, 5.74) is 5.71. The van der Waals surface area contributed by atoms with Gasteiger partial charge in [0.25, 0.3) is 0 Å². The molecule has 1 aromatic rings. The third-order valence-corrected chi connectivity index (χ3v) is 2.98. The second-order valence-corrected chi connectivity index (χ2v) is 4.12. The van der Waals surface area contributed by atoms with Crippen molar-refractivity contribution in [2.24, 2.45) is 5.73 Å². The van der Waals surface area contributed by atoms with E-state index in [2.05, 4.69) is 12.6 Å². The Morgan fingerprint density at radius 3 is 2.62 bits per heavy atom. The Hall–Kier alpha value is -0.450. The normalized spacial score (nSPS) is 12.5. The van der Waals surface area contributed by atoms with E-state index in [4.69, 9.17) is 11.1 Å². The fourth-order valence-corrected chi connectivity index (χ4v) is 1.91. The largest absolute Gasteiger partial charge is 0.318 e. The standard InChI is InChI=1S/C9H12N2S2/c10-8(6-12)9(11)13-7-4-2-1-3-5-7/h1-5,8,11-12H,6,10H2/p+1/t8-/m0/s1. The predicted molar refractivity (Wildman–Crippen MR) is 61.1 cm³/mol. The number of hydrogen-bond donors (Lipinski definition) is 3. The van der Waals surface area contributed by atoms with Gasteiger partial charge in [0.15, 0.2) is 0 Å². The number of rotatable bonds is 3. The van der Waals surface area contributed by atoms with Crippen molar-refractivity contribution in [3.05, 3.63) is 30.3 Å². The van der Waals surface area contributed by atoms with Crippen LogP contribution in [-0.4, -0.2) is 16.8 Å². The molecule has 0 unspecified atom stereocenters. The molecule has 0 bridgehead atoms. The Morgan fingerprint density at radius 1 is 1.46 bits per heavy atom. The minimum Gasteiger partial charge on any atom is -0.318 e. The highest BCUT2D eigenvalue weighted by atomic mass is 32.2. The molecule has 1 rings (SSSR count). The second-order valence-electron chi connectivity index (χ2n) is 2.61. The molecule has 2 nitrogen and oxygen atoms in total. The van der Waals surface area contributed by atoms with Crippen LogP contribution in [0.1, 0.15) is 0 Å². The van der Waals surface area contributed by atoms with Crippen LogP contribution in [0.15, 0.2) is 35.2 Å². The lowest BCUT2D eigenvalue weighted by molar-refractivity contribution is -0.111. The molecule has 1 atom stereocenters. The first-order valence-electron chi connectivity index (χ1n) is 3.95. The van der Waals surface area contributed by atoms with Crippen LogP contribution in [0.5, 0.6) is 0 Å². The van der Waals surface area contributed by atoms with E-state index in [1.165, 1.54) is 11.8 Å². The lowest BCUT2D eigenvalue weighted by Gasteiger charge is -2.04. The van der Waals surface area contributed by atoms with E-state index < -0.39 is 0 Å². The highest BCUT2D eigenvalue weighted by Crippen LogP contribution is 2.17. The summed E-state index contributed by atoms with van der Waals surface area (Å²) in [7, 11) is 0. The van der Waals surface area contributed by atoms with Crippen molar-refractivity contribution in [1.29, 1.82) is 0 Å². The third kappa shape index (κ3) is 3.42. The maximum absolute atomic E-state index is 5.77. The van der Waals surface area contributed by atoms with Gasteiger partial charge in [0.05, 0.1) is 0 Å². The average molecular weight is 213 g/mol. The molecule has 0 aromatic heterocycles. The molecule has 0 amide bonds. The molecule has 0 aliphatic rings. The highest BCUT2D eigenvalue weighted by Gasteiger charge is 2.13. The smallest absolute Gasteiger partial charge is 0.229 e. The van der Waals surface area contributed by atoms with E-state index in [0.29, 0.717) is 10.8 Å². The molecule has 4 heteroatoms. The van der Waals surface area contributed by atoms with E-state index in [-0.39, 0.29) is 6.04 Å². The Balaban J connectivity index is 2.55. The van der Waals surface area contributed by atoms with Gasteiger partial charge in [-0.25, -0.2) is 0 Å². The number of nitrogens with two attached hydrogens (primary N) is 2. The van der Waals surface area contributed by atoms with Gasteiger partial charge in [-0.3, -0.25) is 5.41 Å². The van der Waals surface area contributed by atoms with Gasteiger partial charge in [0.2, 0.25) is 5.04 Å². The Kier molecular flexibility index (Phi) is 4.35. The third-order valence-electron chi connectivity index (χ3n) is 1.54. The summed E-state index contributed by atoms with van der Waals surface area (Å²) in [6, 6.07) is 9.78. The second kappa shape index (κ2) is 5.32. The molecule has 70 valence electrons. The van der Waals surface area contributed by atoms with Crippen molar-refractivity contribution in [2.45, 2.75) is 10.9 Å². The van der Waals surface area contributed by atoms with E-state index in [9.17, 15) is 0 Å². The van der Waals surface area contributed by atoms with Crippen molar-refractivity contribution in [1.82, 2.24) is 0 Å². The van der Waals surface area contributed by atoms with E-state index in [0.717, 1.165) is 4.90 Å². The molecule has 0 aliphatic heterocycles. The Morgan fingerprint density at radius 2 is 2.08 bits per heavy atom. The molecule has 0 saturated carbocycles. The molecule has 0 spiro atoms. The fraction of sp³-hybridized carbons (Fsp3) is 0.222. The van der Waals surface area contributed by atoms with E-state index in [1.54, 1.807) is 0 Å². The summed E-state index contributed by atoms with van der Waals surface area (Å²) in [5, 5.41) is 6.47. The van der Waals surface area contributed by atoms with Gasteiger partial charge >= 0.3 is 0 Å². The average Bonchev–Trinajstić information content (AvgIpc) is 2.18. The number of thiol groups is 1. The van der Waals surface area contributed by atoms with Crippen molar-refractivity contribution in [2.75, 3.05) is 5.75 Å². The van der Waals surface area contributed by atoms with Crippen LogP contribution >= 0.6 is 24.4 Å². The summed E-state index contributed by atoms with van der Waals surface area (Å²) in [6.45, 7) is 0. The zero-order valence-corrected chi connectivity index (χ0v) is 8.89. The van der Waals surface area contributed by atoms with Gasteiger partial charge in [-0.2, -0.15) is 12.6 Å². The molecule has 0 aliphatic carbocycles. The summed E-state index contributed by atoms with van der Waals surface area (Å²) in [6.07, 6.45) is 0. The van der Waals surface area contributed by atoms with Crippen LogP contribution in [0.3, 0.4) is 0 Å². The summed E-state index contributed by atoms with van der Waals surface area (Å²) >= 11 is 5.58. The van der Waals surface area contributed by atoms with Crippen molar-refractivity contribution >= 4 is 29.4 Å². The maximum atomic E-state index is 5.77. The monoisotopic (exact) mass is 213 g/mol. The van der Waals surface area contributed by atoms with Gasteiger partial charge in [-0.05, 0) is 23.9 Å². The first-order valence-corrected chi connectivity index (χ1v) is 5.40. The van der Waals surface area contributed by atoms with Crippen LogP contribution in [0, 0.1) is 0 Å². The van der Waals surface area contributed by atoms with Crippen molar-refractivity contribution < 1.29 is 5.41 Å². The van der Waals surface area contributed by atoms with Crippen LogP contribution in [0.4, 0.5) is 0 Å². The van der Waals surface area contributed by atoms with E-state index in [1.807, 2.05) is 30.3 Å². The minimum absolute atomic E-state index is 0.145. The van der Waals surface area contributed by atoms with Gasteiger partial charge in [0.1, 0.15) is 6.04 Å². The Labute approximate surface area is 87.8 Å². The number of thioether (sulfide) groups is 1. The van der Waals surface area contributed by atoms with Crippen LogP contribution in [0.2, 0.25) is 0 Å². The number of hydrogen-bond acceptors (Lipinski definition) is 3. The SMILES string of the molecule is N[C@@H](CS)C(=[NH2+])Sc1ccccc1. The molecule has 0 radical (unpaired) electrons. The molecular formula is C9H13N2S2+. The van der Waals surface area contributed by atoms with Crippen LogP contribution in [-0.2, 0) is 0 Å². The molecule has 0 saturated heterocycles. The van der Waals surface area contributed by atoms with Crippen molar-refractivity contribution in [3.8, 4) is 0 Å². The summed E-state index contributed by atoms with van der Waals surface area (Å²) in [4.78, 5) is 1.11. The quantitative estimate of drug-likeness (QED) is 0.291. The van der Waals surface area contributed by atoms with Gasteiger partial charge in [0, 0.05) is 10.6 Å². The Bertz CT molecular complexity index is 274. The maximum Gasteiger partial charge on any atom is 0.229 e. The van der Waals surface area contributed by atoms with Gasteiger partial charge in [-0.15, -0.1) is 0 Å². The molecule has 4 N–H and O–H groups in total. The zero-order chi connectivity index (χ0) is 9.68.